The molecule has 0 unspecified atom stereocenters. The van der Waals surface area contributed by atoms with Crippen LogP contribution < -0.4 is 19.5 Å². The summed E-state index contributed by atoms with van der Waals surface area (Å²) in [5, 5.41) is 2.75. The smallest absolute Gasteiger partial charge is 0.338 e. The van der Waals surface area contributed by atoms with Crippen LogP contribution in [0.3, 0.4) is 0 Å². The summed E-state index contributed by atoms with van der Waals surface area (Å²) in [6, 6.07) is 19.6. The van der Waals surface area contributed by atoms with E-state index in [2.05, 4.69) is 5.32 Å². The minimum atomic E-state index is -0.580. The zero-order chi connectivity index (χ0) is 24.6. The van der Waals surface area contributed by atoms with Crippen molar-refractivity contribution in [1.29, 1.82) is 0 Å². The van der Waals surface area contributed by atoms with E-state index in [1.54, 1.807) is 36.4 Å². The number of ether oxygens (including phenoxy) is 4. The predicted octanol–water partition coefficient (Wildman–Crippen LogP) is 3.57. The largest absolute Gasteiger partial charge is 0.486 e. The Morgan fingerprint density at radius 1 is 0.857 bits per heavy atom. The molecule has 0 saturated heterocycles. The van der Waals surface area contributed by atoms with Crippen molar-refractivity contribution in [2.45, 2.75) is 13.3 Å². The number of hydrogen-bond donors (Lipinski definition) is 1. The van der Waals surface area contributed by atoms with Gasteiger partial charge in [-0.2, -0.15) is 0 Å². The number of benzene rings is 3. The second-order valence-electron chi connectivity index (χ2n) is 7.85. The van der Waals surface area contributed by atoms with Gasteiger partial charge in [-0.25, -0.2) is 4.79 Å². The molecule has 0 aromatic heterocycles. The minimum Gasteiger partial charge on any atom is -0.486 e. The molecule has 8 nitrogen and oxygen atoms in total. The standard InChI is InChI=1S/C27H25NO7/c1-18(29)35-23-9-7-21(8-10-23)20-3-5-22(6-4-20)27(31)34-17-26(30)28-13-12-19-2-11-24-25(16-19)33-15-14-32-24/h2-11,16H,12-15,17H2,1H3,(H,28,30). The van der Waals surface area contributed by atoms with Crippen LogP contribution in [0.4, 0.5) is 0 Å². The summed E-state index contributed by atoms with van der Waals surface area (Å²) in [7, 11) is 0. The first kappa shape index (κ1) is 23.8. The van der Waals surface area contributed by atoms with E-state index in [1.807, 2.05) is 30.3 Å². The van der Waals surface area contributed by atoms with Crippen LogP contribution in [0.2, 0.25) is 0 Å². The third-order valence-electron chi connectivity index (χ3n) is 5.25. The number of hydrogen-bond acceptors (Lipinski definition) is 7. The lowest BCUT2D eigenvalue weighted by atomic mass is 10.0. The Hall–Kier alpha value is -4.33. The number of esters is 2. The van der Waals surface area contributed by atoms with Crippen molar-refractivity contribution in [2.75, 3.05) is 26.4 Å². The highest BCUT2D eigenvalue weighted by Crippen LogP contribution is 2.30. The van der Waals surface area contributed by atoms with Crippen LogP contribution in [0.5, 0.6) is 17.2 Å². The van der Waals surface area contributed by atoms with E-state index >= 15 is 0 Å². The molecule has 1 aliphatic heterocycles. The Labute approximate surface area is 202 Å². The van der Waals surface area contributed by atoms with Gasteiger partial charge >= 0.3 is 11.9 Å². The lowest BCUT2D eigenvalue weighted by Gasteiger charge is -2.18. The summed E-state index contributed by atoms with van der Waals surface area (Å²) >= 11 is 0. The predicted molar refractivity (Wildman–Crippen MR) is 128 cm³/mol. The van der Waals surface area contributed by atoms with Gasteiger partial charge in [0.15, 0.2) is 18.1 Å². The molecule has 0 aliphatic carbocycles. The molecule has 0 spiro atoms. The van der Waals surface area contributed by atoms with Gasteiger partial charge in [-0.05, 0) is 59.5 Å². The normalized spacial score (nSPS) is 11.9. The summed E-state index contributed by atoms with van der Waals surface area (Å²) in [4.78, 5) is 35.4. The van der Waals surface area contributed by atoms with Gasteiger partial charge < -0.3 is 24.3 Å². The molecule has 3 aromatic carbocycles. The molecule has 3 aromatic rings. The molecule has 0 radical (unpaired) electrons. The average Bonchev–Trinajstić information content (AvgIpc) is 2.87. The first-order chi connectivity index (χ1) is 17.0. The molecule has 0 atom stereocenters. The van der Waals surface area contributed by atoms with Gasteiger partial charge in [0.25, 0.3) is 5.91 Å². The third-order valence-corrected chi connectivity index (χ3v) is 5.25. The minimum absolute atomic E-state index is 0.342. The fourth-order valence-corrected chi connectivity index (χ4v) is 3.54. The fourth-order valence-electron chi connectivity index (χ4n) is 3.54. The lowest BCUT2D eigenvalue weighted by Crippen LogP contribution is -2.30. The van der Waals surface area contributed by atoms with Crippen LogP contribution in [0.15, 0.2) is 66.7 Å². The Kier molecular flexibility index (Phi) is 7.62. The number of rotatable bonds is 8. The molecular formula is C27H25NO7. The maximum Gasteiger partial charge on any atom is 0.338 e. The SMILES string of the molecule is CC(=O)Oc1ccc(-c2ccc(C(=O)OCC(=O)NCCc3ccc4c(c3)OCCO4)cc2)cc1. The lowest BCUT2D eigenvalue weighted by molar-refractivity contribution is -0.131. The highest BCUT2D eigenvalue weighted by atomic mass is 16.6. The van der Waals surface area contributed by atoms with E-state index in [1.165, 1.54) is 6.92 Å². The molecular weight excluding hydrogens is 450 g/mol. The number of nitrogens with one attached hydrogen (secondary N) is 1. The molecule has 4 rings (SSSR count). The Balaban J connectivity index is 1.21. The first-order valence-electron chi connectivity index (χ1n) is 11.2. The van der Waals surface area contributed by atoms with Crippen molar-refractivity contribution in [3.63, 3.8) is 0 Å². The molecule has 1 heterocycles. The first-order valence-corrected chi connectivity index (χ1v) is 11.2. The summed E-state index contributed by atoms with van der Waals surface area (Å²) < 4.78 is 21.2. The van der Waals surface area contributed by atoms with Crippen LogP contribution in [0.25, 0.3) is 11.1 Å². The maximum absolute atomic E-state index is 12.3. The summed E-state index contributed by atoms with van der Waals surface area (Å²) in [6.45, 7) is 2.45. The molecule has 1 N–H and O–H groups in total. The quantitative estimate of drug-likeness (QED) is 0.393. The third kappa shape index (κ3) is 6.60. The van der Waals surface area contributed by atoms with E-state index in [4.69, 9.17) is 18.9 Å². The Morgan fingerprint density at radius 2 is 1.51 bits per heavy atom. The van der Waals surface area contributed by atoms with Crippen LogP contribution >= 0.6 is 0 Å². The summed E-state index contributed by atoms with van der Waals surface area (Å²) in [6.07, 6.45) is 0.611. The van der Waals surface area contributed by atoms with Crippen molar-refractivity contribution in [1.82, 2.24) is 5.32 Å². The van der Waals surface area contributed by atoms with Gasteiger partial charge in [0, 0.05) is 13.5 Å². The van der Waals surface area contributed by atoms with Crippen molar-refractivity contribution < 1.29 is 33.3 Å². The van der Waals surface area contributed by atoms with E-state index in [-0.39, 0.29) is 18.5 Å². The van der Waals surface area contributed by atoms with Gasteiger partial charge in [-0.3, -0.25) is 9.59 Å². The van der Waals surface area contributed by atoms with Crippen LogP contribution in [0.1, 0.15) is 22.8 Å². The second-order valence-corrected chi connectivity index (χ2v) is 7.85. The molecule has 0 saturated carbocycles. The zero-order valence-electron chi connectivity index (χ0n) is 19.2. The maximum atomic E-state index is 12.3. The molecule has 8 heteroatoms. The van der Waals surface area contributed by atoms with E-state index in [9.17, 15) is 14.4 Å². The number of carbonyl (C=O) groups excluding carboxylic acids is 3. The molecule has 1 amide bonds. The van der Waals surface area contributed by atoms with Gasteiger partial charge in [0.05, 0.1) is 5.56 Å². The highest BCUT2D eigenvalue weighted by Gasteiger charge is 2.13. The Morgan fingerprint density at radius 3 is 2.20 bits per heavy atom. The van der Waals surface area contributed by atoms with Gasteiger partial charge in [0.1, 0.15) is 19.0 Å². The van der Waals surface area contributed by atoms with Crippen molar-refractivity contribution in [2.24, 2.45) is 0 Å². The molecule has 180 valence electrons. The highest BCUT2D eigenvalue weighted by molar-refractivity contribution is 5.91. The van der Waals surface area contributed by atoms with Crippen LogP contribution in [0, 0.1) is 0 Å². The Bertz CT molecular complexity index is 1200. The van der Waals surface area contributed by atoms with Crippen molar-refractivity contribution >= 4 is 17.8 Å². The van der Waals surface area contributed by atoms with E-state index in [0.717, 1.165) is 22.4 Å². The van der Waals surface area contributed by atoms with Crippen LogP contribution in [-0.2, 0) is 20.7 Å². The molecule has 0 fully saturated rings. The van der Waals surface area contributed by atoms with E-state index < -0.39 is 5.97 Å². The summed E-state index contributed by atoms with van der Waals surface area (Å²) in [5.41, 5.74) is 3.13. The summed E-state index contributed by atoms with van der Waals surface area (Å²) in [5.74, 6) is 0.560. The van der Waals surface area contributed by atoms with Crippen molar-refractivity contribution in [3.8, 4) is 28.4 Å². The van der Waals surface area contributed by atoms with Crippen LogP contribution in [-0.4, -0.2) is 44.2 Å². The van der Waals surface area contributed by atoms with Gasteiger partial charge in [-0.1, -0.05) is 30.3 Å². The average molecular weight is 475 g/mol. The monoisotopic (exact) mass is 475 g/mol. The van der Waals surface area contributed by atoms with Gasteiger partial charge in [0.2, 0.25) is 0 Å². The molecule has 0 bridgehead atoms. The van der Waals surface area contributed by atoms with Crippen molar-refractivity contribution in [3.05, 3.63) is 77.9 Å². The van der Waals surface area contributed by atoms with Gasteiger partial charge in [-0.15, -0.1) is 0 Å². The second kappa shape index (κ2) is 11.2. The molecule has 1 aliphatic rings. The topological polar surface area (TPSA) is 100 Å². The number of fused-ring (bicyclic) bond motifs is 1. The number of carbonyl (C=O) groups is 3. The number of amides is 1. The van der Waals surface area contributed by atoms with E-state index in [0.29, 0.717) is 43.2 Å². The fraction of sp³-hybridized carbons (Fsp3) is 0.222. The zero-order valence-corrected chi connectivity index (χ0v) is 19.2. The molecule has 35 heavy (non-hydrogen) atoms.